The fraction of sp³-hybridized carbons (Fsp3) is 0.667. The molecule has 0 N–H and O–H groups in total. The van der Waals surface area contributed by atoms with Gasteiger partial charge in [0.2, 0.25) is 5.91 Å². The van der Waals surface area contributed by atoms with Gasteiger partial charge in [0.25, 0.3) is 0 Å². The quantitative estimate of drug-likeness (QED) is 0.753. The summed E-state index contributed by atoms with van der Waals surface area (Å²) in [6.45, 7) is 4.07. The van der Waals surface area contributed by atoms with Crippen LogP contribution in [0.1, 0.15) is 70.4 Å². The van der Waals surface area contributed by atoms with Gasteiger partial charge in [-0.2, -0.15) is 0 Å². The number of carbonyl (C=O) groups excluding carboxylic acids is 1. The summed E-state index contributed by atoms with van der Waals surface area (Å²) in [5.41, 5.74) is 1.79. The first-order valence-electron chi connectivity index (χ1n) is 9.50. The Labute approximate surface area is 140 Å². The van der Waals surface area contributed by atoms with Crippen molar-refractivity contribution in [3.8, 4) is 0 Å². The fourth-order valence-electron chi connectivity index (χ4n) is 5.24. The van der Waals surface area contributed by atoms with Gasteiger partial charge in [-0.25, -0.2) is 0 Å². The molecule has 2 heteroatoms. The first-order valence-corrected chi connectivity index (χ1v) is 9.50. The Kier molecular flexibility index (Phi) is 3.74. The molecule has 0 radical (unpaired) electrons. The second-order valence-corrected chi connectivity index (χ2v) is 8.17. The van der Waals surface area contributed by atoms with E-state index in [4.69, 9.17) is 0 Å². The van der Waals surface area contributed by atoms with Crippen LogP contribution < -0.4 is 0 Å². The average molecular weight is 311 g/mol. The molecule has 124 valence electrons. The molecule has 1 heterocycles. The second kappa shape index (κ2) is 5.65. The highest BCUT2D eigenvalue weighted by Crippen LogP contribution is 2.68. The zero-order chi connectivity index (χ0) is 16.0. The van der Waals surface area contributed by atoms with E-state index in [0.717, 1.165) is 11.8 Å². The Morgan fingerprint density at radius 2 is 2.00 bits per heavy atom. The van der Waals surface area contributed by atoms with Gasteiger partial charge in [-0.05, 0) is 48.5 Å². The molecule has 0 unspecified atom stereocenters. The Bertz CT molecular complexity index is 577. The minimum absolute atomic E-state index is 0.286. The zero-order valence-electron chi connectivity index (χ0n) is 14.5. The molecule has 1 aliphatic heterocycles. The molecule has 4 atom stereocenters. The topological polar surface area (TPSA) is 20.3 Å². The normalized spacial score (nSPS) is 33.9. The van der Waals surface area contributed by atoms with E-state index in [1.807, 2.05) is 0 Å². The Hall–Kier alpha value is -1.31. The molecule has 2 saturated carbocycles. The molecule has 23 heavy (non-hydrogen) atoms. The molecule has 0 bridgehead atoms. The van der Waals surface area contributed by atoms with Crippen molar-refractivity contribution >= 4 is 5.91 Å². The number of hydrogen-bond acceptors (Lipinski definition) is 1. The Morgan fingerprint density at radius 3 is 2.61 bits per heavy atom. The largest absolute Gasteiger partial charge is 0.332 e. The molecule has 4 rings (SSSR count). The highest BCUT2D eigenvalue weighted by Gasteiger charge is 2.65. The third-order valence-corrected chi connectivity index (χ3v) is 6.61. The fourth-order valence-corrected chi connectivity index (χ4v) is 5.24. The number of amides is 1. The van der Waals surface area contributed by atoms with Gasteiger partial charge >= 0.3 is 0 Å². The van der Waals surface area contributed by atoms with Gasteiger partial charge in [0.1, 0.15) is 0 Å². The predicted molar refractivity (Wildman–Crippen MR) is 92.9 cm³/mol. The van der Waals surface area contributed by atoms with Crippen molar-refractivity contribution in [2.45, 2.75) is 70.9 Å². The third-order valence-electron chi connectivity index (χ3n) is 6.61. The highest BCUT2D eigenvalue weighted by molar-refractivity contribution is 5.75. The summed E-state index contributed by atoms with van der Waals surface area (Å²) in [6.07, 6.45) is 9.24. The molecule has 2 nitrogen and oxygen atoms in total. The summed E-state index contributed by atoms with van der Waals surface area (Å²) in [5, 5.41) is 0. The molecule has 3 fully saturated rings. The van der Waals surface area contributed by atoms with E-state index in [2.05, 4.69) is 42.2 Å². The number of benzene rings is 1. The lowest BCUT2D eigenvalue weighted by Gasteiger charge is -2.32. The van der Waals surface area contributed by atoms with E-state index < -0.39 is 0 Å². The van der Waals surface area contributed by atoms with Gasteiger partial charge < -0.3 is 4.90 Å². The van der Waals surface area contributed by atoms with Crippen LogP contribution in [0.3, 0.4) is 0 Å². The number of likely N-dealkylation sites (tertiary alicyclic amines) is 1. The van der Waals surface area contributed by atoms with Crippen LogP contribution in [0.25, 0.3) is 0 Å². The summed E-state index contributed by atoms with van der Waals surface area (Å²) >= 11 is 0. The maximum absolute atomic E-state index is 12.5. The van der Waals surface area contributed by atoms with Crippen LogP contribution in [0.15, 0.2) is 30.3 Å². The smallest absolute Gasteiger partial charge is 0.220 e. The lowest BCUT2D eigenvalue weighted by atomic mass is 9.90. The molecule has 1 amide bonds. The summed E-state index contributed by atoms with van der Waals surface area (Å²) in [7, 11) is 0. The molecule has 3 aliphatic rings. The van der Waals surface area contributed by atoms with Crippen LogP contribution in [0.5, 0.6) is 0 Å². The van der Waals surface area contributed by atoms with E-state index >= 15 is 0 Å². The Balaban J connectivity index is 1.59. The van der Waals surface area contributed by atoms with Crippen LogP contribution in [0.4, 0.5) is 0 Å². The number of unbranched alkanes of at least 4 members (excludes halogenated alkanes) is 1. The van der Waals surface area contributed by atoms with E-state index in [0.29, 0.717) is 17.5 Å². The zero-order valence-corrected chi connectivity index (χ0v) is 14.5. The van der Waals surface area contributed by atoms with Crippen LogP contribution in [-0.4, -0.2) is 16.8 Å². The molecule has 1 aromatic carbocycles. The van der Waals surface area contributed by atoms with Gasteiger partial charge in [-0.3, -0.25) is 4.79 Å². The molecular weight excluding hydrogens is 282 g/mol. The number of rotatable bonds is 5. The minimum Gasteiger partial charge on any atom is -0.332 e. The molecule has 2 aliphatic carbocycles. The van der Waals surface area contributed by atoms with E-state index in [9.17, 15) is 4.79 Å². The van der Waals surface area contributed by atoms with Crippen LogP contribution in [-0.2, 0) is 4.79 Å². The number of carbonyl (C=O) groups is 1. The standard InChI is InChI=1S/C21H29NO/c1-3-4-8-17-13-18(17)20-21(11-12-21)14-19(22(20)15(2)23)16-9-6-5-7-10-16/h5-7,9-10,17-20H,3-4,8,11-14H2,1-2H3/t17-,18-,19-,20-/m0/s1. The number of nitrogens with zero attached hydrogens (tertiary/aromatic N) is 1. The monoisotopic (exact) mass is 311 g/mol. The summed E-state index contributed by atoms with van der Waals surface area (Å²) < 4.78 is 0. The predicted octanol–water partition coefficient (Wildman–Crippen LogP) is 4.96. The minimum atomic E-state index is 0.286. The molecular formula is C21H29NO. The molecule has 1 spiro atoms. The van der Waals surface area contributed by atoms with Crippen molar-refractivity contribution in [1.29, 1.82) is 0 Å². The Morgan fingerprint density at radius 1 is 1.26 bits per heavy atom. The van der Waals surface area contributed by atoms with Gasteiger partial charge in [0, 0.05) is 13.0 Å². The lowest BCUT2D eigenvalue weighted by Crippen LogP contribution is -2.40. The van der Waals surface area contributed by atoms with Crippen molar-refractivity contribution in [2.75, 3.05) is 0 Å². The SMILES string of the molecule is CCCC[C@H]1C[C@@H]1[C@@H]1N(C(C)=O)[C@H](c2ccccc2)CC12CC2. The second-order valence-electron chi connectivity index (χ2n) is 8.17. The lowest BCUT2D eigenvalue weighted by molar-refractivity contribution is -0.132. The maximum atomic E-state index is 12.5. The number of hydrogen-bond donors (Lipinski definition) is 0. The summed E-state index contributed by atoms with van der Waals surface area (Å²) in [5.74, 6) is 1.95. The van der Waals surface area contributed by atoms with Crippen molar-refractivity contribution < 1.29 is 4.79 Å². The average Bonchev–Trinajstić information content (AvgIpc) is 3.45. The van der Waals surface area contributed by atoms with Crippen LogP contribution in [0.2, 0.25) is 0 Å². The third kappa shape index (κ3) is 2.60. The highest BCUT2D eigenvalue weighted by atomic mass is 16.2. The molecule has 1 saturated heterocycles. The van der Waals surface area contributed by atoms with E-state index in [1.54, 1.807) is 6.92 Å². The first-order chi connectivity index (χ1) is 11.2. The van der Waals surface area contributed by atoms with Gasteiger partial charge in [-0.1, -0.05) is 56.5 Å². The first kappa shape index (κ1) is 15.2. The van der Waals surface area contributed by atoms with Crippen LogP contribution >= 0.6 is 0 Å². The van der Waals surface area contributed by atoms with Crippen molar-refractivity contribution in [1.82, 2.24) is 4.90 Å². The van der Waals surface area contributed by atoms with E-state index in [1.165, 1.54) is 50.5 Å². The van der Waals surface area contributed by atoms with Gasteiger partial charge in [0.05, 0.1) is 6.04 Å². The van der Waals surface area contributed by atoms with Crippen LogP contribution in [0, 0.1) is 17.3 Å². The summed E-state index contributed by atoms with van der Waals surface area (Å²) in [6, 6.07) is 11.5. The molecule has 0 aromatic heterocycles. The maximum Gasteiger partial charge on any atom is 0.220 e. The van der Waals surface area contributed by atoms with Crippen molar-refractivity contribution in [3.05, 3.63) is 35.9 Å². The van der Waals surface area contributed by atoms with Gasteiger partial charge in [0.15, 0.2) is 0 Å². The summed E-state index contributed by atoms with van der Waals surface area (Å²) in [4.78, 5) is 14.8. The van der Waals surface area contributed by atoms with Crippen molar-refractivity contribution in [2.24, 2.45) is 17.3 Å². The van der Waals surface area contributed by atoms with Gasteiger partial charge in [-0.15, -0.1) is 0 Å². The van der Waals surface area contributed by atoms with Crippen molar-refractivity contribution in [3.63, 3.8) is 0 Å². The van der Waals surface area contributed by atoms with E-state index in [-0.39, 0.29) is 5.91 Å². The molecule has 1 aromatic rings.